The summed E-state index contributed by atoms with van der Waals surface area (Å²) in [6.07, 6.45) is 0.488. The van der Waals surface area contributed by atoms with E-state index in [9.17, 15) is 9.59 Å². The Hall–Kier alpha value is -1.06. The second kappa shape index (κ2) is 5.73. The fraction of sp³-hybridized carbons (Fsp3) is 0.818. The van der Waals surface area contributed by atoms with Crippen LogP contribution in [-0.2, 0) is 19.1 Å². The fourth-order valence-corrected chi connectivity index (χ4v) is 1.11. The third-order valence-electron chi connectivity index (χ3n) is 1.68. The Labute approximate surface area is 90.9 Å². The van der Waals surface area contributed by atoms with Crippen molar-refractivity contribution in [2.24, 2.45) is 5.92 Å². The van der Waals surface area contributed by atoms with Crippen molar-refractivity contribution in [1.29, 1.82) is 0 Å². The van der Waals surface area contributed by atoms with Gasteiger partial charge >= 0.3 is 11.9 Å². The maximum atomic E-state index is 11.4. The van der Waals surface area contributed by atoms with Crippen LogP contribution in [0.2, 0.25) is 0 Å². The second-order valence-corrected chi connectivity index (χ2v) is 4.68. The van der Waals surface area contributed by atoms with Crippen LogP contribution in [0.4, 0.5) is 0 Å². The van der Waals surface area contributed by atoms with E-state index in [-0.39, 0.29) is 30.7 Å². The van der Waals surface area contributed by atoms with Gasteiger partial charge in [-0.1, -0.05) is 6.92 Å². The monoisotopic (exact) mass is 216 g/mol. The lowest BCUT2D eigenvalue weighted by molar-refractivity contribution is -0.156. The van der Waals surface area contributed by atoms with E-state index in [0.29, 0.717) is 0 Å². The van der Waals surface area contributed by atoms with Gasteiger partial charge in [0.05, 0.1) is 7.11 Å². The molecule has 0 saturated carbocycles. The molecule has 4 heteroatoms. The van der Waals surface area contributed by atoms with Crippen LogP contribution in [0.15, 0.2) is 0 Å². The number of carbonyl (C=O) groups is 2. The van der Waals surface area contributed by atoms with Crippen LogP contribution in [0.1, 0.15) is 40.5 Å². The molecular formula is C11H20O4. The van der Waals surface area contributed by atoms with Crippen LogP contribution in [0.25, 0.3) is 0 Å². The van der Waals surface area contributed by atoms with Crippen LogP contribution in [0.5, 0.6) is 0 Å². The summed E-state index contributed by atoms with van der Waals surface area (Å²) in [5, 5.41) is 0. The molecule has 1 unspecified atom stereocenters. The summed E-state index contributed by atoms with van der Waals surface area (Å²) in [7, 11) is 1.34. The minimum absolute atomic E-state index is 0.0488. The van der Waals surface area contributed by atoms with Gasteiger partial charge in [-0.05, 0) is 26.7 Å². The van der Waals surface area contributed by atoms with Gasteiger partial charge in [0.1, 0.15) is 5.60 Å². The highest BCUT2D eigenvalue weighted by Gasteiger charge is 2.19. The minimum atomic E-state index is -0.470. The summed E-state index contributed by atoms with van der Waals surface area (Å²) in [5.41, 5.74) is -0.470. The van der Waals surface area contributed by atoms with Crippen molar-refractivity contribution in [3.05, 3.63) is 0 Å². The Morgan fingerprint density at radius 3 is 2.00 bits per heavy atom. The first-order chi connectivity index (χ1) is 6.74. The zero-order valence-electron chi connectivity index (χ0n) is 10.1. The molecule has 15 heavy (non-hydrogen) atoms. The summed E-state index contributed by atoms with van der Waals surface area (Å²) in [6, 6.07) is 0. The largest absolute Gasteiger partial charge is 0.469 e. The maximum Gasteiger partial charge on any atom is 0.306 e. The molecule has 0 aromatic heterocycles. The van der Waals surface area contributed by atoms with Crippen LogP contribution in [-0.4, -0.2) is 24.6 Å². The molecule has 0 saturated heterocycles. The predicted octanol–water partition coefficient (Wildman–Crippen LogP) is 1.92. The summed E-state index contributed by atoms with van der Waals surface area (Å²) < 4.78 is 9.64. The second-order valence-electron chi connectivity index (χ2n) is 4.68. The van der Waals surface area contributed by atoms with Gasteiger partial charge in [-0.2, -0.15) is 0 Å². The summed E-state index contributed by atoms with van der Waals surface area (Å²) in [4.78, 5) is 22.3. The molecule has 0 spiro atoms. The van der Waals surface area contributed by atoms with Gasteiger partial charge in [0.15, 0.2) is 0 Å². The first kappa shape index (κ1) is 13.9. The number of carbonyl (C=O) groups excluding carboxylic acids is 2. The van der Waals surface area contributed by atoms with E-state index in [1.54, 1.807) is 0 Å². The summed E-state index contributed by atoms with van der Waals surface area (Å²) >= 11 is 0. The zero-order chi connectivity index (χ0) is 12.1. The van der Waals surface area contributed by atoms with Crippen molar-refractivity contribution >= 4 is 11.9 Å². The topological polar surface area (TPSA) is 52.6 Å². The third kappa shape index (κ3) is 7.97. The molecule has 0 fully saturated rings. The zero-order valence-corrected chi connectivity index (χ0v) is 10.1. The van der Waals surface area contributed by atoms with Gasteiger partial charge in [-0.25, -0.2) is 0 Å². The van der Waals surface area contributed by atoms with E-state index in [1.165, 1.54) is 7.11 Å². The van der Waals surface area contributed by atoms with Crippen molar-refractivity contribution in [2.75, 3.05) is 7.11 Å². The van der Waals surface area contributed by atoms with Gasteiger partial charge in [-0.15, -0.1) is 0 Å². The molecular weight excluding hydrogens is 196 g/mol. The van der Waals surface area contributed by atoms with E-state index >= 15 is 0 Å². The molecule has 88 valence electrons. The number of hydrogen-bond acceptors (Lipinski definition) is 4. The Morgan fingerprint density at radius 2 is 1.60 bits per heavy atom. The Bertz CT molecular complexity index is 227. The van der Waals surface area contributed by atoms with Crippen molar-refractivity contribution in [3.8, 4) is 0 Å². The SMILES string of the molecule is COC(=O)CC(C)CC(=O)OC(C)(C)C. The normalized spacial score (nSPS) is 13.1. The highest BCUT2D eigenvalue weighted by molar-refractivity contribution is 5.73. The predicted molar refractivity (Wildman–Crippen MR) is 56.3 cm³/mol. The molecule has 0 amide bonds. The van der Waals surface area contributed by atoms with Gasteiger partial charge in [0, 0.05) is 12.8 Å². The molecule has 0 aliphatic rings. The summed E-state index contributed by atoms with van der Waals surface area (Å²) in [5.74, 6) is -0.628. The van der Waals surface area contributed by atoms with Crippen LogP contribution in [0, 0.1) is 5.92 Å². The molecule has 1 atom stereocenters. The fourth-order valence-electron chi connectivity index (χ4n) is 1.11. The van der Waals surface area contributed by atoms with E-state index in [2.05, 4.69) is 4.74 Å². The number of hydrogen-bond donors (Lipinski definition) is 0. The molecule has 0 N–H and O–H groups in total. The Kier molecular flexibility index (Phi) is 5.33. The maximum absolute atomic E-state index is 11.4. The molecule has 0 aliphatic heterocycles. The third-order valence-corrected chi connectivity index (χ3v) is 1.68. The minimum Gasteiger partial charge on any atom is -0.469 e. The Morgan fingerprint density at radius 1 is 1.13 bits per heavy atom. The number of ether oxygens (including phenoxy) is 2. The van der Waals surface area contributed by atoms with E-state index in [0.717, 1.165) is 0 Å². The Balaban J connectivity index is 3.92. The molecule has 0 radical (unpaired) electrons. The van der Waals surface area contributed by atoms with Crippen molar-refractivity contribution < 1.29 is 19.1 Å². The smallest absolute Gasteiger partial charge is 0.306 e. The van der Waals surface area contributed by atoms with E-state index in [4.69, 9.17) is 4.74 Å². The lowest BCUT2D eigenvalue weighted by atomic mass is 10.0. The van der Waals surface area contributed by atoms with Crippen molar-refractivity contribution in [3.63, 3.8) is 0 Å². The first-order valence-electron chi connectivity index (χ1n) is 5.03. The lowest BCUT2D eigenvalue weighted by Crippen LogP contribution is -2.25. The molecule has 0 bridgehead atoms. The van der Waals surface area contributed by atoms with Gasteiger partial charge < -0.3 is 9.47 Å². The van der Waals surface area contributed by atoms with Gasteiger partial charge in [0.2, 0.25) is 0 Å². The molecule has 0 aliphatic carbocycles. The van der Waals surface area contributed by atoms with Crippen LogP contribution < -0.4 is 0 Å². The van der Waals surface area contributed by atoms with Gasteiger partial charge in [0.25, 0.3) is 0 Å². The summed E-state index contributed by atoms with van der Waals surface area (Å²) in [6.45, 7) is 7.27. The highest BCUT2D eigenvalue weighted by Crippen LogP contribution is 2.14. The van der Waals surface area contributed by atoms with Crippen LogP contribution >= 0.6 is 0 Å². The van der Waals surface area contributed by atoms with Crippen molar-refractivity contribution in [1.82, 2.24) is 0 Å². The average molecular weight is 216 g/mol. The molecule has 4 nitrogen and oxygen atoms in total. The van der Waals surface area contributed by atoms with E-state index in [1.807, 2.05) is 27.7 Å². The van der Waals surface area contributed by atoms with Crippen LogP contribution in [0.3, 0.4) is 0 Å². The number of rotatable bonds is 4. The van der Waals surface area contributed by atoms with E-state index < -0.39 is 5.60 Å². The molecule has 0 aromatic rings. The number of esters is 2. The van der Waals surface area contributed by atoms with Crippen molar-refractivity contribution in [2.45, 2.75) is 46.1 Å². The average Bonchev–Trinajstić information content (AvgIpc) is 1.99. The van der Waals surface area contributed by atoms with Gasteiger partial charge in [-0.3, -0.25) is 9.59 Å². The first-order valence-corrected chi connectivity index (χ1v) is 5.03. The molecule has 0 rings (SSSR count). The highest BCUT2D eigenvalue weighted by atomic mass is 16.6. The molecule has 0 aromatic carbocycles. The lowest BCUT2D eigenvalue weighted by Gasteiger charge is -2.20. The molecule has 0 heterocycles. The standard InChI is InChI=1S/C11H20O4/c1-8(6-9(12)14-5)7-10(13)15-11(2,3)4/h8H,6-7H2,1-5H3. The quantitative estimate of drug-likeness (QED) is 0.674. The number of methoxy groups -OCH3 is 1.